The average Bonchev–Trinajstić information content (AvgIpc) is 2.25. The van der Waals surface area contributed by atoms with Gasteiger partial charge in [0.1, 0.15) is 0 Å². The van der Waals surface area contributed by atoms with E-state index in [9.17, 15) is 0 Å². The summed E-state index contributed by atoms with van der Waals surface area (Å²) in [5, 5.41) is 0. The summed E-state index contributed by atoms with van der Waals surface area (Å²) in [4.78, 5) is 2.37. The molecule has 0 aliphatic carbocycles. The fourth-order valence-electron chi connectivity index (χ4n) is 2.17. The maximum Gasteiger partial charge on any atom is 0.0895 e. The molecule has 80 valence electrons. The molecule has 1 aromatic rings. The molecule has 0 amide bonds. The number of likely N-dealkylation sites (tertiary alicyclic amines) is 1. The fourth-order valence-corrected chi connectivity index (χ4v) is 2.17. The smallest absolute Gasteiger partial charge is 0.0895 e. The Labute approximate surface area is 91.2 Å². The van der Waals surface area contributed by atoms with Crippen LogP contribution in [0.2, 0.25) is 0 Å². The number of rotatable bonds is 4. The van der Waals surface area contributed by atoms with Gasteiger partial charge >= 0.3 is 0 Å². The van der Waals surface area contributed by atoms with Gasteiger partial charge in [-0.15, -0.1) is 6.58 Å². The van der Waals surface area contributed by atoms with Crippen molar-refractivity contribution in [1.29, 1.82) is 0 Å². The quantitative estimate of drug-likeness (QED) is 0.696. The van der Waals surface area contributed by atoms with Crippen molar-refractivity contribution in [2.75, 3.05) is 20.2 Å². The topological polar surface area (TPSA) is 12.5 Å². The summed E-state index contributed by atoms with van der Waals surface area (Å²) < 4.78 is 5.45. The molecule has 2 atom stereocenters. The first-order valence-corrected chi connectivity index (χ1v) is 5.29. The van der Waals surface area contributed by atoms with Gasteiger partial charge < -0.3 is 4.74 Å². The zero-order valence-electron chi connectivity index (χ0n) is 9.10. The lowest BCUT2D eigenvalue weighted by atomic mass is 9.91. The summed E-state index contributed by atoms with van der Waals surface area (Å²) in [6.45, 7) is 5.71. The maximum absolute atomic E-state index is 5.45. The lowest BCUT2D eigenvalue weighted by Crippen LogP contribution is -2.54. The van der Waals surface area contributed by atoms with Gasteiger partial charge in [0, 0.05) is 20.2 Å². The Morgan fingerprint density at radius 1 is 1.47 bits per heavy atom. The predicted molar refractivity (Wildman–Crippen MR) is 61.8 cm³/mol. The Morgan fingerprint density at radius 2 is 2.20 bits per heavy atom. The van der Waals surface area contributed by atoms with Crippen molar-refractivity contribution in [3.05, 3.63) is 48.6 Å². The Balaban J connectivity index is 2.13. The molecule has 2 heteroatoms. The third kappa shape index (κ3) is 1.96. The van der Waals surface area contributed by atoms with Gasteiger partial charge in [-0.25, -0.2) is 0 Å². The maximum atomic E-state index is 5.45. The summed E-state index contributed by atoms with van der Waals surface area (Å²) in [7, 11) is 1.78. The summed E-state index contributed by atoms with van der Waals surface area (Å²) in [6.07, 6.45) is 2.27. The van der Waals surface area contributed by atoms with E-state index in [-0.39, 0.29) is 0 Å². The van der Waals surface area contributed by atoms with Crippen LogP contribution in [-0.4, -0.2) is 31.2 Å². The molecular weight excluding hydrogens is 186 g/mol. The van der Waals surface area contributed by atoms with Crippen molar-refractivity contribution in [3.63, 3.8) is 0 Å². The molecule has 0 saturated carbocycles. The van der Waals surface area contributed by atoms with Crippen LogP contribution in [0.3, 0.4) is 0 Å². The largest absolute Gasteiger partial charge is 0.378 e. The Hall–Kier alpha value is -1.12. The second kappa shape index (κ2) is 4.60. The fraction of sp³-hybridized carbons (Fsp3) is 0.385. The van der Waals surface area contributed by atoms with E-state index >= 15 is 0 Å². The molecule has 2 rings (SSSR count). The van der Waals surface area contributed by atoms with Crippen molar-refractivity contribution in [3.8, 4) is 0 Å². The third-order valence-corrected chi connectivity index (χ3v) is 2.97. The molecule has 1 aliphatic heterocycles. The van der Waals surface area contributed by atoms with Gasteiger partial charge in [-0.2, -0.15) is 0 Å². The number of ether oxygens (including phenoxy) is 1. The number of methoxy groups -OCH3 is 1. The minimum Gasteiger partial charge on any atom is -0.378 e. The van der Waals surface area contributed by atoms with E-state index < -0.39 is 0 Å². The monoisotopic (exact) mass is 203 g/mol. The Bertz CT molecular complexity index is 323. The molecule has 0 N–H and O–H groups in total. The second-order valence-electron chi connectivity index (χ2n) is 3.87. The molecule has 0 unspecified atom stereocenters. The number of hydrogen-bond donors (Lipinski definition) is 0. The first kappa shape index (κ1) is 10.4. The van der Waals surface area contributed by atoms with Gasteiger partial charge in [0.05, 0.1) is 12.1 Å². The first-order valence-electron chi connectivity index (χ1n) is 5.29. The van der Waals surface area contributed by atoms with Gasteiger partial charge in [0.25, 0.3) is 0 Å². The minimum atomic E-state index is 0.326. The lowest BCUT2D eigenvalue weighted by molar-refractivity contribution is -0.0811. The van der Waals surface area contributed by atoms with Crippen LogP contribution in [0.1, 0.15) is 11.6 Å². The van der Waals surface area contributed by atoms with Crippen LogP contribution in [0, 0.1) is 0 Å². The van der Waals surface area contributed by atoms with Crippen LogP contribution in [0.5, 0.6) is 0 Å². The predicted octanol–water partition coefficient (Wildman–Crippen LogP) is 2.24. The second-order valence-corrected chi connectivity index (χ2v) is 3.87. The molecular formula is C13H17NO. The number of nitrogens with zero attached hydrogens (tertiary/aromatic N) is 1. The standard InChI is InChI=1S/C13H17NO/c1-3-9-14-10-12(15-2)13(14)11-7-5-4-6-8-11/h3-8,12-13H,1,9-10H2,2H3/t12-,13+/m1/s1. The molecule has 1 aliphatic rings. The van der Waals surface area contributed by atoms with Crippen LogP contribution in [0.4, 0.5) is 0 Å². The van der Waals surface area contributed by atoms with Gasteiger partial charge in [-0.05, 0) is 5.56 Å². The SMILES string of the molecule is C=CCN1C[C@@H](OC)[C@@H]1c1ccccc1. The summed E-state index contributed by atoms with van der Waals surface area (Å²) in [5.41, 5.74) is 1.33. The molecule has 1 heterocycles. The van der Waals surface area contributed by atoms with Gasteiger partial charge in [-0.1, -0.05) is 36.4 Å². The highest BCUT2D eigenvalue weighted by Gasteiger charge is 2.38. The molecule has 15 heavy (non-hydrogen) atoms. The van der Waals surface area contributed by atoms with E-state index in [4.69, 9.17) is 4.74 Å². The summed E-state index contributed by atoms with van der Waals surface area (Å²) in [6, 6.07) is 10.9. The van der Waals surface area contributed by atoms with E-state index in [0.29, 0.717) is 12.1 Å². The minimum absolute atomic E-state index is 0.326. The average molecular weight is 203 g/mol. The molecule has 0 bridgehead atoms. The van der Waals surface area contributed by atoms with Crippen LogP contribution in [0.15, 0.2) is 43.0 Å². The van der Waals surface area contributed by atoms with Crippen molar-refractivity contribution in [1.82, 2.24) is 4.90 Å². The van der Waals surface area contributed by atoms with Crippen LogP contribution in [0.25, 0.3) is 0 Å². The zero-order chi connectivity index (χ0) is 10.7. The summed E-state index contributed by atoms with van der Waals surface area (Å²) >= 11 is 0. The van der Waals surface area contributed by atoms with E-state index in [1.807, 2.05) is 12.1 Å². The van der Waals surface area contributed by atoms with Gasteiger partial charge in [0.15, 0.2) is 0 Å². The zero-order valence-corrected chi connectivity index (χ0v) is 9.10. The highest BCUT2D eigenvalue weighted by Crippen LogP contribution is 2.34. The molecule has 0 spiro atoms. The molecule has 0 radical (unpaired) electrons. The Morgan fingerprint density at radius 3 is 2.80 bits per heavy atom. The van der Waals surface area contributed by atoms with E-state index in [2.05, 4.69) is 35.7 Å². The summed E-state index contributed by atoms with van der Waals surface area (Å²) in [5.74, 6) is 0. The normalized spacial score (nSPS) is 25.9. The molecule has 2 nitrogen and oxygen atoms in total. The van der Waals surface area contributed by atoms with Crippen molar-refractivity contribution < 1.29 is 4.74 Å². The van der Waals surface area contributed by atoms with Crippen molar-refractivity contribution >= 4 is 0 Å². The van der Waals surface area contributed by atoms with Crippen molar-refractivity contribution in [2.45, 2.75) is 12.1 Å². The van der Waals surface area contributed by atoms with Gasteiger partial charge in [0.2, 0.25) is 0 Å². The Kier molecular flexibility index (Phi) is 3.19. The first-order chi connectivity index (χ1) is 7.36. The van der Waals surface area contributed by atoms with Crippen LogP contribution in [-0.2, 0) is 4.74 Å². The molecule has 1 saturated heterocycles. The molecule has 0 aromatic heterocycles. The van der Waals surface area contributed by atoms with E-state index in [0.717, 1.165) is 13.1 Å². The lowest BCUT2D eigenvalue weighted by Gasteiger charge is -2.47. The number of hydrogen-bond acceptors (Lipinski definition) is 2. The van der Waals surface area contributed by atoms with Crippen LogP contribution < -0.4 is 0 Å². The highest BCUT2D eigenvalue weighted by atomic mass is 16.5. The highest BCUT2D eigenvalue weighted by molar-refractivity contribution is 5.23. The van der Waals surface area contributed by atoms with E-state index in [1.165, 1.54) is 5.56 Å². The van der Waals surface area contributed by atoms with Crippen LogP contribution >= 0.6 is 0 Å². The van der Waals surface area contributed by atoms with Crippen molar-refractivity contribution in [2.24, 2.45) is 0 Å². The number of benzene rings is 1. The van der Waals surface area contributed by atoms with Gasteiger partial charge in [-0.3, -0.25) is 4.90 Å². The third-order valence-electron chi connectivity index (χ3n) is 2.97. The molecule has 1 fully saturated rings. The van der Waals surface area contributed by atoms with E-state index in [1.54, 1.807) is 7.11 Å². The molecule has 1 aromatic carbocycles.